The average molecular weight is 295 g/mol. The molecule has 0 unspecified atom stereocenters. The third kappa shape index (κ3) is 6.04. The van der Waals surface area contributed by atoms with Gasteiger partial charge in [0.05, 0.1) is 6.61 Å². The van der Waals surface area contributed by atoms with Gasteiger partial charge in [0.1, 0.15) is 18.5 Å². The van der Waals surface area contributed by atoms with Gasteiger partial charge in [0.15, 0.2) is 0 Å². The number of para-hydroxylation sites is 1. The van der Waals surface area contributed by atoms with Gasteiger partial charge in [-0.05, 0) is 30.4 Å². The highest BCUT2D eigenvalue weighted by Crippen LogP contribution is 2.28. The molecule has 0 heterocycles. The monoisotopic (exact) mass is 295 g/mol. The Morgan fingerprint density at radius 1 is 1.19 bits per heavy atom. The number of ether oxygens (including phenoxy) is 1. The Bertz CT molecular complexity index is 393. The highest BCUT2D eigenvalue weighted by atomic mass is 16.5. The van der Waals surface area contributed by atoms with Gasteiger partial charge >= 0.3 is 0 Å². The van der Waals surface area contributed by atoms with Crippen LogP contribution >= 0.6 is 0 Å². The SMILES string of the molecule is CC[C@@H](CO)NC[C@H](O)COc1ccccc1[C@@H](C)CC. The Kier molecular flexibility index (Phi) is 8.35. The average Bonchev–Trinajstić information content (AvgIpc) is 2.53. The summed E-state index contributed by atoms with van der Waals surface area (Å²) >= 11 is 0. The molecule has 120 valence electrons. The lowest BCUT2D eigenvalue weighted by Gasteiger charge is -2.20. The number of hydrogen-bond acceptors (Lipinski definition) is 4. The summed E-state index contributed by atoms with van der Waals surface area (Å²) in [7, 11) is 0. The second kappa shape index (κ2) is 9.77. The van der Waals surface area contributed by atoms with Crippen LogP contribution in [0.4, 0.5) is 0 Å². The summed E-state index contributed by atoms with van der Waals surface area (Å²) in [6.07, 6.45) is 1.30. The first-order valence-corrected chi connectivity index (χ1v) is 7.86. The van der Waals surface area contributed by atoms with Crippen molar-refractivity contribution in [2.45, 2.75) is 51.7 Å². The van der Waals surface area contributed by atoms with Crippen LogP contribution in [0.2, 0.25) is 0 Å². The zero-order chi connectivity index (χ0) is 15.7. The summed E-state index contributed by atoms with van der Waals surface area (Å²) in [5.74, 6) is 1.29. The fourth-order valence-electron chi connectivity index (χ4n) is 2.12. The molecular formula is C17H29NO3. The van der Waals surface area contributed by atoms with Crippen LogP contribution in [-0.2, 0) is 0 Å². The summed E-state index contributed by atoms with van der Waals surface area (Å²) in [5, 5.41) is 22.2. The van der Waals surface area contributed by atoms with Gasteiger partial charge in [-0.2, -0.15) is 0 Å². The predicted octanol–water partition coefficient (Wildman–Crippen LogP) is 2.30. The van der Waals surface area contributed by atoms with Gasteiger partial charge in [0, 0.05) is 12.6 Å². The van der Waals surface area contributed by atoms with Crippen molar-refractivity contribution in [1.29, 1.82) is 0 Å². The van der Waals surface area contributed by atoms with Crippen LogP contribution in [0.3, 0.4) is 0 Å². The van der Waals surface area contributed by atoms with Crippen LogP contribution in [0.1, 0.15) is 45.1 Å². The van der Waals surface area contributed by atoms with Crippen molar-refractivity contribution in [2.24, 2.45) is 0 Å². The molecule has 0 aliphatic rings. The van der Waals surface area contributed by atoms with Crippen molar-refractivity contribution in [2.75, 3.05) is 19.8 Å². The maximum atomic E-state index is 9.97. The molecule has 1 aromatic rings. The Morgan fingerprint density at radius 2 is 1.90 bits per heavy atom. The molecule has 0 fully saturated rings. The summed E-state index contributed by atoms with van der Waals surface area (Å²) in [6, 6.07) is 8.02. The Labute approximate surface area is 128 Å². The van der Waals surface area contributed by atoms with Crippen molar-refractivity contribution in [1.82, 2.24) is 5.32 Å². The van der Waals surface area contributed by atoms with Crippen LogP contribution in [0, 0.1) is 0 Å². The van der Waals surface area contributed by atoms with Crippen LogP contribution in [0.5, 0.6) is 5.75 Å². The van der Waals surface area contributed by atoms with Gasteiger partial charge in [-0.25, -0.2) is 0 Å². The summed E-state index contributed by atoms with van der Waals surface area (Å²) in [5.41, 5.74) is 1.18. The molecule has 0 amide bonds. The van der Waals surface area contributed by atoms with Gasteiger partial charge in [0.2, 0.25) is 0 Å². The first-order valence-electron chi connectivity index (χ1n) is 7.86. The molecule has 0 aliphatic heterocycles. The molecular weight excluding hydrogens is 266 g/mol. The van der Waals surface area contributed by atoms with Crippen molar-refractivity contribution < 1.29 is 14.9 Å². The summed E-state index contributed by atoms with van der Waals surface area (Å²) in [6.45, 7) is 7.08. The molecule has 0 bridgehead atoms. The van der Waals surface area contributed by atoms with E-state index in [9.17, 15) is 5.11 Å². The van der Waals surface area contributed by atoms with Gasteiger partial charge < -0.3 is 20.3 Å². The minimum absolute atomic E-state index is 0.0343. The second-order valence-corrected chi connectivity index (χ2v) is 5.51. The Balaban J connectivity index is 2.47. The lowest BCUT2D eigenvalue weighted by Crippen LogP contribution is -2.39. The normalized spacial score (nSPS) is 15.5. The van der Waals surface area contributed by atoms with Crippen molar-refractivity contribution in [3.05, 3.63) is 29.8 Å². The molecule has 4 nitrogen and oxygen atoms in total. The van der Waals surface area contributed by atoms with Gasteiger partial charge in [-0.3, -0.25) is 0 Å². The quantitative estimate of drug-likeness (QED) is 0.620. The summed E-state index contributed by atoms with van der Waals surface area (Å²) < 4.78 is 5.77. The second-order valence-electron chi connectivity index (χ2n) is 5.51. The lowest BCUT2D eigenvalue weighted by atomic mass is 9.98. The topological polar surface area (TPSA) is 61.7 Å². The van der Waals surface area contributed by atoms with Crippen LogP contribution in [-0.4, -0.2) is 42.1 Å². The van der Waals surface area contributed by atoms with E-state index < -0.39 is 6.10 Å². The van der Waals surface area contributed by atoms with E-state index in [1.165, 1.54) is 5.56 Å². The van der Waals surface area contributed by atoms with Crippen molar-refractivity contribution >= 4 is 0 Å². The molecule has 0 saturated heterocycles. The number of aliphatic hydroxyl groups is 2. The van der Waals surface area contributed by atoms with E-state index in [1.807, 2.05) is 25.1 Å². The molecule has 3 atom stereocenters. The van der Waals surface area contributed by atoms with Crippen LogP contribution in [0.25, 0.3) is 0 Å². The van der Waals surface area contributed by atoms with Gasteiger partial charge in [-0.15, -0.1) is 0 Å². The van der Waals surface area contributed by atoms with Gasteiger partial charge in [0.25, 0.3) is 0 Å². The summed E-state index contributed by atoms with van der Waals surface area (Å²) in [4.78, 5) is 0. The molecule has 21 heavy (non-hydrogen) atoms. The zero-order valence-electron chi connectivity index (χ0n) is 13.4. The van der Waals surface area contributed by atoms with Crippen LogP contribution in [0.15, 0.2) is 24.3 Å². The lowest BCUT2D eigenvalue weighted by molar-refractivity contribution is 0.0988. The largest absolute Gasteiger partial charge is 0.491 e. The van der Waals surface area contributed by atoms with E-state index in [4.69, 9.17) is 9.84 Å². The van der Waals surface area contributed by atoms with E-state index in [1.54, 1.807) is 0 Å². The standard InChI is InChI=1S/C17H29NO3/c1-4-13(3)16-8-6-7-9-17(16)21-12-15(20)10-18-14(5-2)11-19/h6-9,13-15,18-20H,4-5,10-12H2,1-3H3/t13-,14-,15-/m0/s1. The predicted molar refractivity (Wildman–Crippen MR) is 85.8 cm³/mol. The molecule has 4 heteroatoms. The fourth-order valence-corrected chi connectivity index (χ4v) is 2.12. The van der Waals surface area contributed by atoms with Gasteiger partial charge in [-0.1, -0.05) is 39.0 Å². The number of aliphatic hydroxyl groups excluding tert-OH is 2. The molecule has 0 radical (unpaired) electrons. The molecule has 0 aliphatic carbocycles. The highest BCUT2D eigenvalue weighted by molar-refractivity contribution is 5.35. The first kappa shape index (κ1) is 18.0. The molecule has 1 aromatic carbocycles. The first-order chi connectivity index (χ1) is 10.1. The van der Waals surface area contributed by atoms with E-state index in [0.29, 0.717) is 12.5 Å². The van der Waals surface area contributed by atoms with Crippen molar-refractivity contribution in [3.8, 4) is 5.75 Å². The Hall–Kier alpha value is -1.10. The van der Waals surface area contributed by atoms with E-state index in [2.05, 4.69) is 25.2 Å². The van der Waals surface area contributed by atoms with Crippen molar-refractivity contribution in [3.63, 3.8) is 0 Å². The molecule has 0 aromatic heterocycles. The number of benzene rings is 1. The minimum atomic E-state index is -0.587. The maximum Gasteiger partial charge on any atom is 0.122 e. The fraction of sp³-hybridized carbons (Fsp3) is 0.647. The van der Waals surface area contributed by atoms with E-state index in [-0.39, 0.29) is 19.3 Å². The molecule has 3 N–H and O–H groups in total. The maximum absolute atomic E-state index is 9.97. The highest BCUT2D eigenvalue weighted by Gasteiger charge is 2.12. The minimum Gasteiger partial charge on any atom is -0.491 e. The third-order valence-electron chi connectivity index (χ3n) is 3.85. The smallest absolute Gasteiger partial charge is 0.122 e. The molecule has 0 saturated carbocycles. The van der Waals surface area contributed by atoms with E-state index >= 15 is 0 Å². The number of hydrogen-bond donors (Lipinski definition) is 3. The number of nitrogens with one attached hydrogen (secondary N) is 1. The zero-order valence-corrected chi connectivity index (χ0v) is 13.4. The number of rotatable bonds is 10. The van der Waals surface area contributed by atoms with Crippen LogP contribution < -0.4 is 10.1 Å². The molecule has 1 rings (SSSR count). The Morgan fingerprint density at radius 3 is 2.52 bits per heavy atom. The third-order valence-corrected chi connectivity index (χ3v) is 3.85. The van der Waals surface area contributed by atoms with E-state index in [0.717, 1.165) is 18.6 Å². The molecule has 0 spiro atoms.